The molecule has 0 saturated heterocycles. The van der Waals surface area contributed by atoms with E-state index in [0.29, 0.717) is 0 Å². The quantitative estimate of drug-likeness (QED) is 0.424. The van der Waals surface area contributed by atoms with Gasteiger partial charge in [-0.3, -0.25) is 0 Å². The van der Waals surface area contributed by atoms with Crippen LogP contribution in [0.4, 0.5) is 0 Å². The summed E-state index contributed by atoms with van der Waals surface area (Å²) < 4.78 is 1.37. The normalized spacial score (nSPS) is 8.70. The van der Waals surface area contributed by atoms with Gasteiger partial charge in [0.05, 0.1) is 0 Å². The van der Waals surface area contributed by atoms with Crippen molar-refractivity contribution in [1.82, 2.24) is 0 Å². The van der Waals surface area contributed by atoms with Gasteiger partial charge in [-0.2, -0.15) is 0 Å². The number of halogens is 1. The monoisotopic (exact) mass is 164 g/mol. The first-order valence-corrected chi connectivity index (χ1v) is 3.94. The molecule has 0 amide bonds. The van der Waals surface area contributed by atoms with Crippen LogP contribution in [-0.2, 0) is 6.42 Å². The Morgan fingerprint density at radius 1 is 1.20 bits per heavy atom. The van der Waals surface area contributed by atoms with Gasteiger partial charge >= 0.3 is 68.6 Å². The van der Waals surface area contributed by atoms with Crippen LogP contribution < -0.4 is 16.1 Å². The maximum atomic E-state index is 2.18. The molecule has 1 aromatic carbocycles. The van der Waals surface area contributed by atoms with E-state index in [1.54, 1.807) is 0 Å². The Hall–Kier alpha value is 0.276. The van der Waals surface area contributed by atoms with Crippen molar-refractivity contribution in [3.63, 3.8) is 0 Å². The Balaban J connectivity index is 0.000000810. The third-order valence-electron chi connectivity index (χ3n) is 1.43. The number of hydrogen-bond donors (Lipinski definition) is 0. The second kappa shape index (κ2) is 5.00. The summed E-state index contributed by atoms with van der Waals surface area (Å²) in [6.07, 6.45) is 1.14. The molecule has 0 bridgehead atoms. The van der Waals surface area contributed by atoms with E-state index in [-0.39, 0.29) is 12.4 Å². The summed E-state index contributed by atoms with van der Waals surface area (Å²) >= 11 is 1.92. The molecule has 0 aliphatic carbocycles. The molecule has 1 rings (SSSR count). The van der Waals surface area contributed by atoms with Crippen LogP contribution in [-0.4, -0.2) is 21.7 Å². The van der Waals surface area contributed by atoms with Gasteiger partial charge in [0.15, 0.2) is 0 Å². The topological polar surface area (TPSA) is 0 Å². The van der Waals surface area contributed by atoms with Gasteiger partial charge in [-0.1, -0.05) is 0 Å². The molecular formula is C8H9ClMg. The molecule has 0 fully saturated rings. The zero-order valence-corrected chi connectivity index (χ0v) is 8.27. The van der Waals surface area contributed by atoms with Gasteiger partial charge in [0, 0.05) is 0 Å². The van der Waals surface area contributed by atoms with Crippen LogP contribution in [0.2, 0.25) is 0 Å². The Labute approximate surface area is 80.9 Å². The summed E-state index contributed by atoms with van der Waals surface area (Å²) in [5.41, 5.74) is 1.42. The maximum absolute atomic E-state index is 2.18. The van der Waals surface area contributed by atoms with Crippen LogP contribution >= 0.6 is 0 Å². The molecule has 0 saturated carbocycles. The fourth-order valence-electron chi connectivity index (χ4n) is 0.775. The molecule has 0 nitrogen and oxygen atoms in total. The van der Waals surface area contributed by atoms with E-state index in [0.717, 1.165) is 6.42 Å². The van der Waals surface area contributed by atoms with E-state index in [4.69, 9.17) is 0 Å². The van der Waals surface area contributed by atoms with Crippen molar-refractivity contribution in [1.29, 1.82) is 0 Å². The molecule has 0 radical (unpaired) electrons. The van der Waals surface area contributed by atoms with Crippen molar-refractivity contribution >= 4 is 25.4 Å². The number of benzene rings is 1. The summed E-state index contributed by atoms with van der Waals surface area (Å²) in [4.78, 5) is 0. The minimum Gasteiger partial charge on any atom is -1.00 e. The first-order chi connectivity index (χ1) is 4.33. The van der Waals surface area contributed by atoms with E-state index in [1.165, 1.54) is 9.26 Å². The fourth-order valence-corrected chi connectivity index (χ4v) is 1.01. The molecule has 0 spiro atoms. The Morgan fingerprint density at radius 3 is 2.10 bits per heavy atom. The predicted molar refractivity (Wildman–Crippen MR) is 41.2 cm³/mol. The zero-order valence-electron chi connectivity index (χ0n) is 6.10. The number of hydrogen-bond acceptors (Lipinski definition) is 0. The summed E-state index contributed by atoms with van der Waals surface area (Å²) in [7, 11) is 0. The van der Waals surface area contributed by atoms with Gasteiger partial charge in [0.2, 0.25) is 0 Å². The van der Waals surface area contributed by atoms with E-state index in [9.17, 15) is 0 Å². The summed E-state index contributed by atoms with van der Waals surface area (Å²) in [6, 6.07) is 8.69. The van der Waals surface area contributed by atoms with Crippen LogP contribution in [0.3, 0.4) is 0 Å². The predicted octanol–water partition coefficient (Wildman–Crippen LogP) is -1.95. The van der Waals surface area contributed by atoms with Gasteiger partial charge in [0.25, 0.3) is 0 Å². The average molecular weight is 165 g/mol. The third kappa shape index (κ3) is 2.91. The summed E-state index contributed by atoms with van der Waals surface area (Å²) in [5, 5.41) is 0. The second-order valence-corrected chi connectivity index (χ2v) is 2.99. The Bertz CT molecular complexity index is 181. The number of aryl methyl sites for hydroxylation is 1. The van der Waals surface area contributed by atoms with E-state index in [1.807, 2.05) is 21.7 Å². The molecule has 1 aromatic rings. The van der Waals surface area contributed by atoms with Crippen molar-refractivity contribution < 1.29 is 12.4 Å². The largest absolute Gasteiger partial charge is 1.00 e. The van der Waals surface area contributed by atoms with Gasteiger partial charge in [-0.25, -0.2) is 0 Å². The smallest absolute Gasteiger partial charge is 1.00 e. The van der Waals surface area contributed by atoms with Crippen LogP contribution in [0.15, 0.2) is 24.3 Å². The summed E-state index contributed by atoms with van der Waals surface area (Å²) in [5.74, 6) is 0. The van der Waals surface area contributed by atoms with Crippen LogP contribution in [0.25, 0.3) is 0 Å². The average Bonchev–Trinajstić information content (AvgIpc) is 1.90. The Morgan fingerprint density at radius 2 is 1.70 bits per heavy atom. The van der Waals surface area contributed by atoms with Crippen molar-refractivity contribution in [2.75, 3.05) is 0 Å². The molecule has 0 aromatic heterocycles. The van der Waals surface area contributed by atoms with E-state index in [2.05, 4.69) is 31.2 Å². The van der Waals surface area contributed by atoms with Crippen molar-refractivity contribution in [3.8, 4) is 0 Å². The molecule has 0 aliphatic rings. The van der Waals surface area contributed by atoms with Gasteiger partial charge < -0.3 is 12.4 Å². The first kappa shape index (κ1) is 10.3. The van der Waals surface area contributed by atoms with Crippen LogP contribution in [0.5, 0.6) is 0 Å². The van der Waals surface area contributed by atoms with Crippen molar-refractivity contribution in [3.05, 3.63) is 29.8 Å². The van der Waals surface area contributed by atoms with E-state index >= 15 is 0 Å². The van der Waals surface area contributed by atoms with Crippen LogP contribution in [0.1, 0.15) is 12.5 Å². The molecule has 10 heavy (non-hydrogen) atoms. The van der Waals surface area contributed by atoms with E-state index < -0.39 is 0 Å². The first-order valence-electron chi connectivity index (χ1n) is 3.24. The third-order valence-corrected chi connectivity index (χ3v) is 1.90. The van der Waals surface area contributed by atoms with Gasteiger partial charge in [-0.15, -0.1) is 0 Å². The molecular weight excluding hydrogens is 156 g/mol. The van der Waals surface area contributed by atoms with Gasteiger partial charge in [0.1, 0.15) is 0 Å². The van der Waals surface area contributed by atoms with Crippen molar-refractivity contribution in [2.45, 2.75) is 13.3 Å². The maximum Gasteiger partial charge on any atom is -1.00 e. The second-order valence-electron chi connectivity index (χ2n) is 2.17. The fraction of sp³-hybridized carbons (Fsp3) is 0.250. The number of rotatable bonds is 1. The minimum atomic E-state index is 0. The molecule has 0 atom stereocenters. The molecule has 0 N–H and O–H groups in total. The standard InChI is InChI=1S/C8H9.ClH.Mg/c1-2-8-6-4-3-5-7-8;;/h4-7H,2H2,1H3;1H;/q;;+1/p-1. The molecule has 0 aliphatic heterocycles. The SMILES string of the molecule is CCc1cc[c]([Mg+])cc1.[Cl-]. The van der Waals surface area contributed by atoms with Crippen molar-refractivity contribution in [2.24, 2.45) is 0 Å². The van der Waals surface area contributed by atoms with Gasteiger partial charge in [-0.05, 0) is 0 Å². The Kier molecular flexibility index (Phi) is 5.14. The zero-order chi connectivity index (χ0) is 6.69. The molecule has 50 valence electrons. The minimum absolute atomic E-state index is 0. The molecule has 2 heteroatoms. The molecule has 0 heterocycles. The summed E-state index contributed by atoms with van der Waals surface area (Å²) in [6.45, 7) is 2.17. The molecule has 0 unspecified atom stereocenters. The van der Waals surface area contributed by atoms with Crippen LogP contribution in [0, 0.1) is 0 Å².